The Hall–Kier alpha value is -3.65. The van der Waals surface area contributed by atoms with Crippen LogP contribution in [-0.4, -0.2) is 43.8 Å². The first kappa shape index (κ1) is 30.3. The highest BCUT2D eigenvalue weighted by atomic mass is 32.2. The van der Waals surface area contributed by atoms with Crippen LogP contribution in [0.15, 0.2) is 77.7 Å². The molecule has 8 heteroatoms. The molecule has 0 aromatic heterocycles. The van der Waals surface area contributed by atoms with Crippen molar-refractivity contribution >= 4 is 27.5 Å². The second kappa shape index (κ2) is 13.3. The molecule has 2 amide bonds. The van der Waals surface area contributed by atoms with Gasteiger partial charge in [-0.15, -0.1) is 0 Å². The van der Waals surface area contributed by atoms with Gasteiger partial charge in [-0.3, -0.25) is 13.9 Å². The van der Waals surface area contributed by atoms with Gasteiger partial charge < -0.3 is 10.2 Å². The lowest BCUT2D eigenvalue weighted by Crippen LogP contribution is -2.53. The number of hydrogen-bond donors (Lipinski definition) is 1. The minimum atomic E-state index is -4.08. The molecular weight excluding hydrogens is 534 g/mol. The van der Waals surface area contributed by atoms with E-state index in [4.69, 9.17) is 0 Å². The van der Waals surface area contributed by atoms with Gasteiger partial charge in [0.15, 0.2) is 0 Å². The maximum Gasteiger partial charge on any atom is 0.264 e. The quantitative estimate of drug-likeness (QED) is 0.319. The van der Waals surface area contributed by atoms with Crippen LogP contribution in [0.4, 0.5) is 5.69 Å². The summed E-state index contributed by atoms with van der Waals surface area (Å²) in [6.45, 7) is 7.43. The predicted octanol–water partition coefficient (Wildman–Crippen LogP) is 5.67. The summed E-state index contributed by atoms with van der Waals surface area (Å²) < 4.78 is 29.2. The number of hydrogen-bond acceptors (Lipinski definition) is 4. The molecule has 1 aliphatic rings. The highest BCUT2D eigenvalue weighted by molar-refractivity contribution is 7.92. The van der Waals surface area contributed by atoms with Crippen molar-refractivity contribution in [3.05, 3.63) is 95.1 Å². The smallest absolute Gasteiger partial charge is 0.264 e. The van der Waals surface area contributed by atoms with Gasteiger partial charge in [0.05, 0.1) is 10.6 Å². The number of nitrogens with one attached hydrogen (secondary N) is 1. The fourth-order valence-corrected chi connectivity index (χ4v) is 7.02. The fourth-order valence-electron chi connectivity index (χ4n) is 5.60. The number of anilines is 1. The molecule has 1 fully saturated rings. The zero-order valence-corrected chi connectivity index (χ0v) is 25.3. The highest BCUT2D eigenvalue weighted by Crippen LogP contribution is 2.27. The Kier molecular flexibility index (Phi) is 9.86. The second-order valence-electron chi connectivity index (χ2n) is 11.0. The first-order chi connectivity index (χ1) is 19.6. The number of benzene rings is 3. The van der Waals surface area contributed by atoms with Gasteiger partial charge in [-0.2, -0.15) is 0 Å². The van der Waals surface area contributed by atoms with Crippen molar-refractivity contribution in [3.63, 3.8) is 0 Å². The number of carbonyl (C=O) groups is 2. The van der Waals surface area contributed by atoms with Gasteiger partial charge in [0.2, 0.25) is 11.8 Å². The van der Waals surface area contributed by atoms with Gasteiger partial charge in [0.25, 0.3) is 10.0 Å². The molecule has 1 N–H and O–H groups in total. The number of sulfonamides is 1. The van der Waals surface area contributed by atoms with Gasteiger partial charge in [-0.05, 0) is 86.6 Å². The lowest BCUT2D eigenvalue weighted by molar-refractivity contribution is -0.140. The lowest BCUT2D eigenvalue weighted by atomic mass is 10.1. The minimum Gasteiger partial charge on any atom is -0.352 e. The van der Waals surface area contributed by atoms with Gasteiger partial charge in [0.1, 0.15) is 12.6 Å². The number of rotatable bonds is 11. The predicted molar refractivity (Wildman–Crippen MR) is 163 cm³/mol. The third-order valence-corrected chi connectivity index (χ3v) is 9.58. The van der Waals surface area contributed by atoms with Gasteiger partial charge in [0, 0.05) is 12.6 Å². The molecule has 0 saturated heterocycles. The maximum absolute atomic E-state index is 14.3. The Balaban J connectivity index is 1.74. The average Bonchev–Trinajstić information content (AvgIpc) is 3.45. The topological polar surface area (TPSA) is 86.8 Å². The third-order valence-electron chi connectivity index (χ3n) is 7.79. The summed E-state index contributed by atoms with van der Waals surface area (Å²) in [5.74, 6) is -0.620. The number of nitrogens with zero attached hydrogens (tertiary/aromatic N) is 2. The van der Waals surface area contributed by atoms with Crippen LogP contribution in [0, 0.1) is 20.8 Å². The highest BCUT2D eigenvalue weighted by Gasteiger charge is 2.34. The standard InChI is InChI=1S/C33H41N3O4S/c1-5-31(33(38)34-28-15-11-12-16-28)35(22-27-14-10-9-13-26(27)4)32(37)23-36(29-20-24(2)19-25(3)21-29)41(39,40)30-17-7-6-8-18-30/h6-10,13-14,17-21,28,31H,5,11-12,15-16,22-23H2,1-4H3,(H,34,38). The fraction of sp³-hybridized carbons (Fsp3) is 0.394. The summed E-state index contributed by atoms with van der Waals surface area (Å²) in [5.41, 5.74) is 4.11. The minimum absolute atomic E-state index is 0.100. The average molecular weight is 576 g/mol. The number of amides is 2. The summed E-state index contributed by atoms with van der Waals surface area (Å²) in [7, 11) is -4.08. The van der Waals surface area contributed by atoms with Crippen LogP contribution in [0.1, 0.15) is 61.3 Å². The Morgan fingerprint density at radius 3 is 2.12 bits per heavy atom. The molecule has 0 aliphatic heterocycles. The molecule has 7 nitrogen and oxygen atoms in total. The molecule has 0 bridgehead atoms. The van der Waals surface area contributed by atoms with Crippen molar-refractivity contribution < 1.29 is 18.0 Å². The van der Waals surface area contributed by atoms with Crippen LogP contribution in [-0.2, 0) is 26.2 Å². The normalized spacial score (nSPS) is 14.4. The molecule has 1 atom stereocenters. The van der Waals surface area contributed by atoms with Gasteiger partial charge >= 0.3 is 0 Å². The van der Waals surface area contributed by atoms with Crippen molar-refractivity contribution in [1.29, 1.82) is 0 Å². The summed E-state index contributed by atoms with van der Waals surface area (Å²) in [4.78, 5) is 29.5. The molecule has 4 rings (SSSR count). The summed E-state index contributed by atoms with van der Waals surface area (Å²) in [6, 6.07) is 20.8. The molecular formula is C33H41N3O4S. The number of aryl methyl sites for hydroxylation is 3. The molecule has 41 heavy (non-hydrogen) atoms. The van der Waals surface area contributed by atoms with E-state index in [1.807, 2.05) is 58.0 Å². The largest absolute Gasteiger partial charge is 0.352 e. The second-order valence-corrected chi connectivity index (χ2v) is 12.9. The van der Waals surface area contributed by atoms with E-state index in [9.17, 15) is 18.0 Å². The van der Waals surface area contributed by atoms with Crippen molar-refractivity contribution in [1.82, 2.24) is 10.2 Å². The first-order valence-electron chi connectivity index (χ1n) is 14.4. The van der Waals surface area contributed by atoms with Crippen LogP contribution in [0.5, 0.6) is 0 Å². The Bertz CT molecular complexity index is 1450. The van der Waals surface area contributed by atoms with Crippen LogP contribution in [0.25, 0.3) is 0 Å². The van der Waals surface area contributed by atoms with E-state index in [2.05, 4.69) is 5.32 Å². The Labute approximate surface area is 244 Å². The molecule has 1 saturated carbocycles. The summed E-state index contributed by atoms with van der Waals surface area (Å²) >= 11 is 0. The van der Waals surface area contributed by atoms with E-state index in [1.165, 1.54) is 16.4 Å². The third kappa shape index (κ3) is 7.36. The van der Waals surface area contributed by atoms with Crippen molar-refractivity contribution in [2.75, 3.05) is 10.8 Å². The van der Waals surface area contributed by atoms with Crippen molar-refractivity contribution in [3.8, 4) is 0 Å². The van der Waals surface area contributed by atoms with Gasteiger partial charge in [-0.1, -0.05) is 68.3 Å². The van der Waals surface area contributed by atoms with Crippen molar-refractivity contribution in [2.45, 2.75) is 83.3 Å². The SMILES string of the molecule is CCC(C(=O)NC1CCCC1)N(Cc1ccccc1C)C(=O)CN(c1cc(C)cc(C)c1)S(=O)(=O)c1ccccc1. The van der Waals surface area contributed by atoms with E-state index in [0.717, 1.165) is 47.9 Å². The van der Waals surface area contributed by atoms with Crippen LogP contribution >= 0.6 is 0 Å². The van der Waals surface area contributed by atoms with E-state index in [0.29, 0.717) is 12.1 Å². The van der Waals surface area contributed by atoms with Crippen molar-refractivity contribution in [2.24, 2.45) is 0 Å². The monoisotopic (exact) mass is 575 g/mol. The maximum atomic E-state index is 14.3. The van der Waals surface area contributed by atoms with E-state index in [-0.39, 0.29) is 23.4 Å². The molecule has 1 aliphatic carbocycles. The zero-order chi connectivity index (χ0) is 29.6. The van der Waals surface area contributed by atoms with E-state index < -0.39 is 28.5 Å². The van der Waals surface area contributed by atoms with E-state index >= 15 is 0 Å². The summed E-state index contributed by atoms with van der Waals surface area (Å²) in [5, 5.41) is 3.16. The van der Waals surface area contributed by atoms with Crippen LogP contribution < -0.4 is 9.62 Å². The van der Waals surface area contributed by atoms with Crippen LogP contribution in [0.3, 0.4) is 0 Å². The van der Waals surface area contributed by atoms with E-state index in [1.54, 1.807) is 35.2 Å². The lowest BCUT2D eigenvalue weighted by Gasteiger charge is -2.34. The molecule has 1 unspecified atom stereocenters. The zero-order valence-electron chi connectivity index (χ0n) is 24.5. The molecule has 3 aromatic carbocycles. The molecule has 3 aromatic rings. The molecule has 0 heterocycles. The Morgan fingerprint density at radius 2 is 1.51 bits per heavy atom. The Morgan fingerprint density at radius 1 is 0.902 bits per heavy atom. The first-order valence-corrected chi connectivity index (χ1v) is 15.8. The number of carbonyl (C=O) groups excluding carboxylic acids is 2. The summed E-state index contributed by atoms with van der Waals surface area (Å²) in [6.07, 6.45) is 4.43. The molecule has 0 radical (unpaired) electrons. The van der Waals surface area contributed by atoms with Crippen LogP contribution in [0.2, 0.25) is 0 Å². The van der Waals surface area contributed by atoms with Gasteiger partial charge in [-0.25, -0.2) is 8.42 Å². The molecule has 0 spiro atoms. The molecule has 218 valence electrons.